The van der Waals surface area contributed by atoms with Crippen LogP contribution in [0.25, 0.3) is 0 Å². The van der Waals surface area contributed by atoms with E-state index in [-0.39, 0.29) is 0 Å². The van der Waals surface area contributed by atoms with Gasteiger partial charge in [0.25, 0.3) is 0 Å². The molecule has 5 heteroatoms. The summed E-state index contributed by atoms with van der Waals surface area (Å²) in [4.78, 5) is 4.31. The predicted molar refractivity (Wildman–Crippen MR) is 81.1 cm³/mol. The number of nitrogens with one attached hydrogen (secondary N) is 1. The molecule has 0 saturated carbocycles. The average molecular weight is 323 g/mol. The molecule has 1 heterocycles. The Bertz CT molecular complexity index is 548. The SMILES string of the molecule is Cc1c(Br)cccc1NCc1ncnn1CC(C)C. The van der Waals surface area contributed by atoms with Crippen molar-refractivity contribution in [1.29, 1.82) is 0 Å². The van der Waals surface area contributed by atoms with Gasteiger partial charge >= 0.3 is 0 Å². The Morgan fingerprint density at radius 3 is 2.89 bits per heavy atom. The molecule has 4 nitrogen and oxygen atoms in total. The zero-order valence-electron chi connectivity index (χ0n) is 11.5. The molecular weight excluding hydrogens is 304 g/mol. The molecule has 19 heavy (non-hydrogen) atoms. The summed E-state index contributed by atoms with van der Waals surface area (Å²) >= 11 is 3.54. The first-order valence-corrected chi connectivity index (χ1v) is 7.23. The molecule has 0 bridgehead atoms. The van der Waals surface area contributed by atoms with Crippen molar-refractivity contribution >= 4 is 21.6 Å². The summed E-state index contributed by atoms with van der Waals surface area (Å²) in [6.45, 7) is 8.03. The molecule has 0 aliphatic carbocycles. The van der Waals surface area contributed by atoms with E-state index in [4.69, 9.17) is 0 Å². The number of hydrogen-bond donors (Lipinski definition) is 1. The highest BCUT2D eigenvalue weighted by Crippen LogP contribution is 2.23. The zero-order valence-corrected chi connectivity index (χ0v) is 13.1. The normalized spacial score (nSPS) is 11.0. The van der Waals surface area contributed by atoms with E-state index in [1.165, 1.54) is 5.56 Å². The van der Waals surface area contributed by atoms with Crippen LogP contribution in [0.15, 0.2) is 29.0 Å². The van der Waals surface area contributed by atoms with Crippen LogP contribution in [0.5, 0.6) is 0 Å². The second kappa shape index (κ2) is 6.19. The maximum Gasteiger partial charge on any atom is 0.146 e. The smallest absolute Gasteiger partial charge is 0.146 e. The third-order valence-corrected chi connectivity index (χ3v) is 3.80. The fourth-order valence-electron chi connectivity index (χ4n) is 1.90. The number of halogens is 1. The van der Waals surface area contributed by atoms with E-state index in [1.807, 2.05) is 16.8 Å². The molecule has 0 spiro atoms. The summed E-state index contributed by atoms with van der Waals surface area (Å²) < 4.78 is 3.08. The Morgan fingerprint density at radius 1 is 1.37 bits per heavy atom. The molecule has 0 amide bonds. The lowest BCUT2D eigenvalue weighted by molar-refractivity contribution is 0.468. The van der Waals surface area contributed by atoms with Gasteiger partial charge in [0, 0.05) is 16.7 Å². The zero-order chi connectivity index (χ0) is 13.8. The van der Waals surface area contributed by atoms with Crippen LogP contribution in [-0.4, -0.2) is 14.8 Å². The van der Waals surface area contributed by atoms with Crippen molar-refractivity contribution in [1.82, 2.24) is 14.8 Å². The molecule has 0 radical (unpaired) electrons. The van der Waals surface area contributed by atoms with E-state index < -0.39 is 0 Å². The molecule has 2 aromatic rings. The molecule has 0 aliphatic rings. The molecular formula is C14H19BrN4. The van der Waals surface area contributed by atoms with Gasteiger partial charge in [0.15, 0.2) is 0 Å². The van der Waals surface area contributed by atoms with E-state index in [9.17, 15) is 0 Å². The Labute approximate surface area is 122 Å². The van der Waals surface area contributed by atoms with Crippen molar-refractivity contribution < 1.29 is 0 Å². The summed E-state index contributed by atoms with van der Waals surface area (Å²) in [7, 11) is 0. The number of hydrogen-bond acceptors (Lipinski definition) is 3. The van der Waals surface area contributed by atoms with E-state index in [1.54, 1.807) is 6.33 Å². The highest BCUT2D eigenvalue weighted by Gasteiger charge is 2.07. The molecule has 0 atom stereocenters. The Morgan fingerprint density at radius 2 is 2.16 bits per heavy atom. The average Bonchev–Trinajstić information content (AvgIpc) is 2.78. The van der Waals surface area contributed by atoms with E-state index >= 15 is 0 Å². The van der Waals surface area contributed by atoms with Crippen LogP contribution in [0.2, 0.25) is 0 Å². The molecule has 0 aliphatic heterocycles. The van der Waals surface area contributed by atoms with Gasteiger partial charge in [-0.2, -0.15) is 5.10 Å². The summed E-state index contributed by atoms with van der Waals surface area (Å²) in [5, 5.41) is 7.68. The van der Waals surface area contributed by atoms with Gasteiger partial charge in [-0.3, -0.25) is 0 Å². The predicted octanol–water partition coefficient (Wildman–Crippen LogP) is 3.62. The molecule has 1 aromatic carbocycles. The monoisotopic (exact) mass is 322 g/mol. The lowest BCUT2D eigenvalue weighted by Crippen LogP contribution is -2.13. The van der Waals surface area contributed by atoms with Crippen LogP contribution in [0, 0.1) is 12.8 Å². The lowest BCUT2D eigenvalue weighted by Gasteiger charge is -2.12. The van der Waals surface area contributed by atoms with Gasteiger partial charge in [0.05, 0.1) is 6.54 Å². The molecule has 2 rings (SSSR count). The minimum Gasteiger partial charge on any atom is -0.378 e. The quantitative estimate of drug-likeness (QED) is 0.914. The van der Waals surface area contributed by atoms with Crippen LogP contribution in [0.1, 0.15) is 25.2 Å². The van der Waals surface area contributed by atoms with Crippen LogP contribution in [0.3, 0.4) is 0 Å². The van der Waals surface area contributed by atoms with Crippen molar-refractivity contribution in [3.8, 4) is 0 Å². The van der Waals surface area contributed by atoms with Crippen molar-refractivity contribution in [3.05, 3.63) is 40.4 Å². The summed E-state index contributed by atoms with van der Waals surface area (Å²) in [6.07, 6.45) is 1.62. The van der Waals surface area contributed by atoms with E-state index in [2.05, 4.69) is 58.2 Å². The first-order chi connectivity index (χ1) is 9.08. The number of benzene rings is 1. The number of aromatic nitrogens is 3. The van der Waals surface area contributed by atoms with Gasteiger partial charge in [-0.25, -0.2) is 9.67 Å². The Balaban J connectivity index is 2.06. The van der Waals surface area contributed by atoms with Crippen LogP contribution >= 0.6 is 15.9 Å². The van der Waals surface area contributed by atoms with Crippen molar-refractivity contribution in [2.45, 2.75) is 33.9 Å². The van der Waals surface area contributed by atoms with Gasteiger partial charge in [-0.1, -0.05) is 35.8 Å². The van der Waals surface area contributed by atoms with Crippen LogP contribution < -0.4 is 5.32 Å². The number of nitrogens with zero attached hydrogens (tertiary/aromatic N) is 3. The number of rotatable bonds is 5. The van der Waals surface area contributed by atoms with Gasteiger partial charge in [0.2, 0.25) is 0 Å². The third-order valence-electron chi connectivity index (χ3n) is 2.94. The van der Waals surface area contributed by atoms with Crippen molar-refractivity contribution in [2.75, 3.05) is 5.32 Å². The first-order valence-electron chi connectivity index (χ1n) is 6.43. The fraction of sp³-hybridized carbons (Fsp3) is 0.429. The van der Waals surface area contributed by atoms with Gasteiger partial charge in [0.1, 0.15) is 12.2 Å². The highest BCUT2D eigenvalue weighted by molar-refractivity contribution is 9.10. The summed E-state index contributed by atoms with van der Waals surface area (Å²) in [5.41, 5.74) is 2.32. The molecule has 1 aromatic heterocycles. The largest absolute Gasteiger partial charge is 0.378 e. The number of anilines is 1. The summed E-state index contributed by atoms with van der Waals surface area (Å²) in [5.74, 6) is 1.53. The van der Waals surface area contributed by atoms with Gasteiger partial charge in [-0.05, 0) is 30.5 Å². The molecule has 102 valence electrons. The summed E-state index contributed by atoms with van der Waals surface area (Å²) in [6, 6.07) is 6.14. The van der Waals surface area contributed by atoms with Crippen molar-refractivity contribution in [3.63, 3.8) is 0 Å². The van der Waals surface area contributed by atoms with Crippen LogP contribution in [0.4, 0.5) is 5.69 Å². The third kappa shape index (κ3) is 3.56. The minimum absolute atomic E-state index is 0.563. The van der Waals surface area contributed by atoms with E-state index in [0.717, 1.165) is 22.5 Å². The second-order valence-electron chi connectivity index (χ2n) is 5.02. The topological polar surface area (TPSA) is 42.7 Å². The molecule has 0 saturated heterocycles. The van der Waals surface area contributed by atoms with Gasteiger partial charge in [-0.15, -0.1) is 0 Å². The Hall–Kier alpha value is -1.36. The van der Waals surface area contributed by atoms with E-state index in [0.29, 0.717) is 12.5 Å². The lowest BCUT2D eigenvalue weighted by atomic mass is 10.2. The standard InChI is InChI=1S/C14H19BrN4/c1-10(2)8-19-14(17-9-18-19)7-16-13-6-4-5-12(15)11(13)3/h4-6,9-10,16H,7-8H2,1-3H3. The van der Waals surface area contributed by atoms with Crippen molar-refractivity contribution in [2.24, 2.45) is 5.92 Å². The van der Waals surface area contributed by atoms with Gasteiger partial charge < -0.3 is 5.32 Å². The Kier molecular flexibility index (Phi) is 4.58. The van der Waals surface area contributed by atoms with Crippen LogP contribution in [-0.2, 0) is 13.1 Å². The first kappa shape index (κ1) is 14.1. The minimum atomic E-state index is 0.563. The maximum absolute atomic E-state index is 4.31. The fourth-order valence-corrected chi connectivity index (χ4v) is 2.26. The maximum atomic E-state index is 4.31. The molecule has 0 unspecified atom stereocenters. The highest BCUT2D eigenvalue weighted by atomic mass is 79.9. The molecule has 1 N–H and O–H groups in total. The molecule has 0 fully saturated rings. The second-order valence-corrected chi connectivity index (χ2v) is 5.87.